The van der Waals surface area contributed by atoms with E-state index in [-0.39, 0.29) is 16.2 Å². The van der Waals surface area contributed by atoms with Gasteiger partial charge in [0.25, 0.3) is 5.91 Å². The first-order valence-corrected chi connectivity index (χ1v) is 8.10. The molecule has 3 heterocycles. The number of rotatable bonds is 5. The Kier molecular flexibility index (Phi) is 5.42. The second-order valence-corrected chi connectivity index (χ2v) is 5.84. The smallest absolute Gasteiger partial charge is 0.255 e. The first-order chi connectivity index (χ1) is 12.1. The molecule has 0 atom stereocenters. The lowest BCUT2D eigenvalue weighted by molar-refractivity contribution is 0.102. The van der Waals surface area contributed by atoms with Crippen LogP contribution in [0.25, 0.3) is 0 Å². The van der Waals surface area contributed by atoms with E-state index in [1.807, 2.05) is 18.2 Å². The molecule has 0 aliphatic rings. The first-order valence-electron chi connectivity index (χ1n) is 7.34. The predicted molar refractivity (Wildman–Crippen MR) is 98.0 cm³/mol. The number of anilines is 2. The van der Waals surface area contributed by atoms with Gasteiger partial charge in [-0.25, -0.2) is 9.97 Å². The summed E-state index contributed by atoms with van der Waals surface area (Å²) in [5.41, 5.74) is 1.79. The summed E-state index contributed by atoms with van der Waals surface area (Å²) in [4.78, 5) is 24.5. The van der Waals surface area contributed by atoms with E-state index in [1.54, 1.807) is 24.5 Å². The molecule has 0 radical (unpaired) electrons. The lowest BCUT2D eigenvalue weighted by Crippen LogP contribution is -2.12. The molecular formula is C17H13Cl2N5O. The quantitative estimate of drug-likeness (QED) is 0.659. The number of carbonyl (C=O) groups is 1. The molecule has 0 bridgehead atoms. The van der Waals surface area contributed by atoms with Crippen molar-refractivity contribution in [2.75, 3.05) is 10.6 Å². The maximum absolute atomic E-state index is 12.2. The topological polar surface area (TPSA) is 79.8 Å². The van der Waals surface area contributed by atoms with Crippen LogP contribution in [0.1, 0.15) is 16.1 Å². The molecule has 3 aromatic heterocycles. The van der Waals surface area contributed by atoms with E-state index < -0.39 is 0 Å². The first kappa shape index (κ1) is 17.1. The van der Waals surface area contributed by atoms with Gasteiger partial charge in [-0.3, -0.25) is 9.78 Å². The van der Waals surface area contributed by atoms with Crippen LogP contribution in [0.15, 0.2) is 54.9 Å². The third-order valence-electron chi connectivity index (χ3n) is 3.22. The Morgan fingerprint density at radius 3 is 2.48 bits per heavy atom. The summed E-state index contributed by atoms with van der Waals surface area (Å²) >= 11 is 11.6. The number of hydrogen-bond acceptors (Lipinski definition) is 5. The van der Waals surface area contributed by atoms with E-state index >= 15 is 0 Å². The van der Waals surface area contributed by atoms with Crippen LogP contribution in [0.3, 0.4) is 0 Å². The summed E-state index contributed by atoms with van der Waals surface area (Å²) < 4.78 is 0. The standard InChI is InChI=1S/C17H13Cl2N5O/c18-14-7-11(8-15(19)24-14)17(25)23-13-4-5-16(22-10-13)21-9-12-3-1-2-6-20-12/h1-8,10H,9H2,(H,21,22)(H,23,25). The molecule has 3 rings (SSSR count). The number of halogens is 2. The van der Waals surface area contributed by atoms with Gasteiger partial charge in [0.2, 0.25) is 0 Å². The number of amides is 1. The van der Waals surface area contributed by atoms with E-state index in [1.165, 1.54) is 12.1 Å². The van der Waals surface area contributed by atoms with Crippen molar-refractivity contribution >= 4 is 40.6 Å². The van der Waals surface area contributed by atoms with E-state index in [2.05, 4.69) is 25.6 Å². The maximum Gasteiger partial charge on any atom is 0.255 e. The van der Waals surface area contributed by atoms with Gasteiger partial charge in [-0.1, -0.05) is 29.3 Å². The van der Waals surface area contributed by atoms with Gasteiger partial charge in [-0.05, 0) is 36.4 Å². The van der Waals surface area contributed by atoms with Gasteiger partial charge in [0.15, 0.2) is 0 Å². The van der Waals surface area contributed by atoms with Gasteiger partial charge in [0, 0.05) is 11.8 Å². The summed E-state index contributed by atoms with van der Waals surface area (Å²) in [7, 11) is 0. The summed E-state index contributed by atoms with van der Waals surface area (Å²) in [6.07, 6.45) is 3.30. The van der Waals surface area contributed by atoms with Crippen LogP contribution in [0.2, 0.25) is 10.3 Å². The minimum atomic E-state index is -0.345. The third-order valence-corrected chi connectivity index (χ3v) is 3.61. The summed E-state index contributed by atoms with van der Waals surface area (Å²) in [5, 5.41) is 6.20. The lowest BCUT2D eigenvalue weighted by atomic mass is 10.2. The molecule has 2 N–H and O–H groups in total. The fourth-order valence-electron chi connectivity index (χ4n) is 2.06. The summed E-state index contributed by atoms with van der Waals surface area (Å²) in [6.45, 7) is 0.563. The molecule has 25 heavy (non-hydrogen) atoms. The molecule has 126 valence electrons. The Morgan fingerprint density at radius 2 is 1.84 bits per heavy atom. The van der Waals surface area contributed by atoms with Crippen LogP contribution in [-0.4, -0.2) is 20.9 Å². The molecule has 0 fully saturated rings. The van der Waals surface area contributed by atoms with Crippen LogP contribution in [0.5, 0.6) is 0 Å². The molecule has 1 amide bonds. The molecular weight excluding hydrogens is 361 g/mol. The number of carbonyl (C=O) groups excluding carboxylic acids is 1. The Morgan fingerprint density at radius 1 is 1.04 bits per heavy atom. The van der Waals surface area contributed by atoms with Crippen molar-refractivity contribution in [1.82, 2.24) is 15.0 Å². The average Bonchev–Trinajstić information content (AvgIpc) is 2.61. The highest BCUT2D eigenvalue weighted by molar-refractivity contribution is 6.33. The van der Waals surface area contributed by atoms with Gasteiger partial charge < -0.3 is 10.6 Å². The molecule has 0 spiro atoms. The Hall–Kier alpha value is -2.70. The van der Waals surface area contributed by atoms with Crippen molar-refractivity contribution in [1.29, 1.82) is 0 Å². The van der Waals surface area contributed by atoms with E-state index in [9.17, 15) is 4.79 Å². The number of nitrogens with zero attached hydrogens (tertiary/aromatic N) is 3. The molecule has 0 aliphatic heterocycles. The molecule has 0 unspecified atom stereocenters. The van der Waals surface area contributed by atoms with Crippen molar-refractivity contribution in [2.45, 2.75) is 6.54 Å². The maximum atomic E-state index is 12.2. The van der Waals surface area contributed by atoms with E-state index in [0.29, 0.717) is 23.6 Å². The largest absolute Gasteiger partial charge is 0.364 e. The minimum Gasteiger partial charge on any atom is -0.364 e. The average molecular weight is 374 g/mol. The zero-order chi connectivity index (χ0) is 17.6. The van der Waals surface area contributed by atoms with Crippen LogP contribution >= 0.6 is 23.2 Å². The van der Waals surface area contributed by atoms with Gasteiger partial charge in [-0.2, -0.15) is 0 Å². The predicted octanol–water partition coefficient (Wildman–Crippen LogP) is 4.04. The summed E-state index contributed by atoms with van der Waals surface area (Å²) in [6, 6.07) is 12.1. The Bertz CT molecular complexity index is 852. The van der Waals surface area contributed by atoms with E-state index in [0.717, 1.165) is 5.69 Å². The highest BCUT2D eigenvalue weighted by atomic mass is 35.5. The number of aromatic nitrogens is 3. The van der Waals surface area contributed by atoms with Crippen molar-refractivity contribution in [3.8, 4) is 0 Å². The van der Waals surface area contributed by atoms with Crippen LogP contribution < -0.4 is 10.6 Å². The Labute approximate surface area is 154 Å². The summed E-state index contributed by atoms with van der Waals surface area (Å²) in [5.74, 6) is 0.334. The molecule has 0 saturated heterocycles. The van der Waals surface area contributed by atoms with Gasteiger partial charge >= 0.3 is 0 Å². The van der Waals surface area contributed by atoms with Crippen molar-refractivity contribution < 1.29 is 4.79 Å². The number of nitrogens with one attached hydrogen (secondary N) is 2. The monoisotopic (exact) mass is 373 g/mol. The highest BCUT2D eigenvalue weighted by Crippen LogP contribution is 2.17. The van der Waals surface area contributed by atoms with Crippen molar-refractivity contribution in [3.63, 3.8) is 0 Å². The normalized spacial score (nSPS) is 10.3. The molecule has 0 aromatic carbocycles. The molecule has 8 heteroatoms. The molecule has 3 aromatic rings. The fraction of sp³-hybridized carbons (Fsp3) is 0.0588. The highest BCUT2D eigenvalue weighted by Gasteiger charge is 2.09. The van der Waals surface area contributed by atoms with Crippen LogP contribution in [-0.2, 0) is 6.54 Å². The van der Waals surface area contributed by atoms with Crippen molar-refractivity contribution in [2.24, 2.45) is 0 Å². The van der Waals surface area contributed by atoms with E-state index in [4.69, 9.17) is 23.2 Å². The van der Waals surface area contributed by atoms with Crippen LogP contribution in [0, 0.1) is 0 Å². The third kappa shape index (κ3) is 4.89. The molecule has 0 aliphatic carbocycles. The minimum absolute atomic E-state index is 0.157. The lowest BCUT2D eigenvalue weighted by Gasteiger charge is -2.08. The zero-order valence-electron chi connectivity index (χ0n) is 12.9. The van der Waals surface area contributed by atoms with Gasteiger partial charge in [-0.15, -0.1) is 0 Å². The number of hydrogen-bond donors (Lipinski definition) is 2. The fourth-order valence-corrected chi connectivity index (χ4v) is 2.52. The molecule has 6 nitrogen and oxygen atoms in total. The van der Waals surface area contributed by atoms with Gasteiger partial charge in [0.05, 0.1) is 24.1 Å². The van der Waals surface area contributed by atoms with Gasteiger partial charge in [0.1, 0.15) is 16.1 Å². The zero-order valence-corrected chi connectivity index (χ0v) is 14.4. The SMILES string of the molecule is O=C(Nc1ccc(NCc2ccccn2)nc1)c1cc(Cl)nc(Cl)c1. The second kappa shape index (κ2) is 7.92. The van der Waals surface area contributed by atoms with Crippen molar-refractivity contribution in [3.05, 3.63) is 76.4 Å². The molecule has 0 saturated carbocycles. The second-order valence-electron chi connectivity index (χ2n) is 5.06. The number of pyridine rings is 3. The Balaban J connectivity index is 1.61. The van der Waals surface area contributed by atoms with Crippen LogP contribution in [0.4, 0.5) is 11.5 Å².